The van der Waals surface area contributed by atoms with Gasteiger partial charge in [0.25, 0.3) is 0 Å². The van der Waals surface area contributed by atoms with E-state index in [-0.39, 0.29) is 23.7 Å². The van der Waals surface area contributed by atoms with E-state index in [9.17, 15) is 9.59 Å². The number of carbonyl (C=O) groups is 2. The highest BCUT2D eigenvalue weighted by molar-refractivity contribution is 6.00. The van der Waals surface area contributed by atoms with Crippen LogP contribution in [-0.4, -0.2) is 23.8 Å². The minimum Gasteiger partial charge on any atom is -0.496 e. The standard InChI is InChI=1S/C20H19NO3.C7H9N/c1-24-17-9-5-8-14-10-16-15(19(14)17)11-18(22)21(20(16)23)12-13-6-3-2-4-7-13;8-6-7-4-2-1-3-5-7/h2-9,15-16H,10-12H2,1H3;1-5H,6,8H2/t15-,16+;/m1./s1. The van der Waals surface area contributed by atoms with Crippen LogP contribution in [0, 0.1) is 5.92 Å². The number of likely N-dealkylation sites (tertiary alicyclic amines) is 1. The van der Waals surface area contributed by atoms with Gasteiger partial charge in [-0.1, -0.05) is 72.8 Å². The van der Waals surface area contributed by atoms with Gasteiger partial charge in [-0.25, -0.2) is 0 Å². The Morgan fingerprint density at radius 2 is 1.50 bits per heavy atom. The van der Waals surface area contributed by atoms with Gasteiger partial charge in [-0.15, -0.1) is 0 Å². The van der Waals surface area contributed by atoms with Crippen LogP contribution in [-0.2, 0) is 29.1 Å². The van der Waals surface area contributed by atoms with Crippen molar-refractivity contribution < 1.29 is 14.3 Å². The molecule has 32 heavy (non-hydrogen) atoms. The first kappa shape index (κ1) is 21.8. The summed E-state index contributed by atoms with van der Waals surface area (Å²) in [5.41, 5.74) is 9.69. The van der Waals surface area contributed by atoms with Crippen LogP contribution in [0.1, 0.15) is 34.6 Å². The van der Waals surface area contributed by atoms with Crippen molar-refractivity contribution in [3.8, 4) is 5.75 Å². The van der Waals surface area contributed by atoms with E-state index in [1.807, 2.05) is 78.9 Å². The van der Waals surface area contributed by atoms with Crippen molar-refractivity contribution in [3.63, 3.8) is 0 Å². The fourth-order valence-electron chi connectivity index (χ4n) is 4.62. The molecule has 1 heterocycles. The molecular formula is C27H28N2O3. The fraction of sp³-hybridized carbons (Fsp3) is 0.259. The molecule has 5 rings (SSSR count). The van der Waals surface area contributed by atoms with E-state index in [2.05, 4.69) is 0 Å². The van der Waals surface area contributed by atoms with Gasteiger partial charge in [0, 0.05) is 24.4 Å². The Balaban J connectivity index is 0.000000260. The summed E-state index contributed by atoms with van der Waals surface area (Å²) in [7, 11) is 1.64. The molecule has 2 amide bonds. The van der Waals surface area contributed by atoms with E-state index in [0.29, 0.717) is 25.9 Å². The Hall–Kier alpha value is -3.44. The van der Waals surface area contributed by atoms with Gasteiger partial charge < -0.3 is 10.5 Å². The van der Waals surface area contributed by atoms with E-state index in [0.717, 1.165) is 22.4 Å². The van der Waals surface area contributed by atoms with Crippen molar-refractivity contribution in [1.82, 2.24) is 4.90 Å². The highest BCUT2D eigenvalue weighted by atomic mass is 16.5. The second-order valence-electron chi connectivity index (χ2n) is 8.15. The number of hydrogen-bond acceptors (Lipinski definition) is 4. The number of imide groups is 1. The van der Waals surface area contributed by atoms with E-state index in [1.54, 1.807) is 7.11 Å². The van der Waals surface area contributed by atoms with Crippen LogP contribution in [0.3, 0.4) is 0 Å². The molecule has 3 aromatic carbocycles. The second-order valence-corrected chi connectivity index (χ2v) is 8.15. The minimum atomic E-state index is -0.155. The number of methoxy groups -OCH3 is 1. The highest BCUT2D eigenvalue weighted by Gasteiger charge is 2.47. The molecule has 1 aliphatic carbocycles. The lowest BCUT2D eigenvalue weighted by atomic mass is 9.84. The molecule has 5 heteroatoms. The van der Waals surface area contributed by atoms with Gasteiger partial charge in [0.1, 0.15) is 5.75 Å². The Morgan fingerprint density at radius 1 is 0.844 bits per heavy atom. The molecule has 0 unspecified atom stereocenters. The third kappa shape index (κ3) is 4.43. The number of nitrogens with zero attached hydrogens (tertiary/aromatic N) is 1. The number of piperidine rings is 1. The number of carbonyl (C=O) groups excluding carboxylic acids is 2. The van der Waals surface area contributed by atoms with Gasteiger partial charge in [0.2, 0.25) is 11.8 Å². The van der Waals surface area contributed by atoms with Gasteiger partial charge in [-0.05, 0) is 29.2 Å². The Bertz CT molecular complexity index is 1080. The maximum absolute atomic E-state index is 13.0. The molecule has 2 atom stereocenters. The van der Waals surface area contributed by atoms with Gasteiger partial charge in [0.15, 0.2) is 0 Å². The number of benzene rings is 3. The number of amides is 2. The normalized spacial score (nSPS) is 19.0. The highest BCUT2D eigenvalue weighted by Crippen LogP contribution is 2.48. The smallest absolute Gasteiger partial charge is 0.233 e. The van der Waals surface area contributed by atoms with Crippen molar-refractivity contribution in [2.45, 2.75) is 31.8 Å². The zero-order valence-electron chi connectivity index (χ0n) is 18.2. The monoisotopic (exact) mass is 428 g/mol. The SMILES string of the molecule is COc1cccc2c1[C@@H]1CC(=O)N(Cc3ccccc3)C(=O)[C@H]1C2.NCc1ccccc1. The van der Waals surface area contributed by atoms with Crippen LogP contribution in [0.4, 0.5) is 0 Å². The van der Waals surface area contributed by atoms with Crippen molar-refractivity contribution in [1.29, 1.82) is 0 Å². The van der Waals surface area contributed by atoms with E-state index in [1.165, 1.54) is 10.5 Å². The third-order valence-electron chi connectivity index (χ3n) is 6.21. The van der Waals surface area contributed by atoms with Gasteiger partial charge >= 0.3 is 0 Å². The molecule has 1 fully saturated rings. The number of nitrogens with two attached hydrogens (primary N) is 1. The van der Waals surface area contributed by atoms with Crippen LogP contribution in [0.25, 0.3) is 0 Å². The summed E-state index contributed by atoms with van der Waals surface area (Å²) in [6.45, 7) is 0.996. The lowest BCUT2D eigenvalue weighted by Crippen LogP contribution is -2.46. The van der Waals surface area contributed by atoms with Gasteiger partial charge in [-0.3, -0.25) is 14.5 Å². The maximum Gasteiger partial charge on any atom is 0.233 e. The van der Waals surface area contributed by atoms with Gasteiger partial charge in [-0.2, -0.15) is 0 Å². The molecule has 164 valence electrons. The predicted octanol–water partition coefficient (Wildman–Crippen LogP) is 4.06. The van der Waals surface area contributed by atoms with E-state index in [4.69, 9.17) is 10.5 Å². The van der Waals surface area contributed by atoms with Crippen molar-refractivity contribution in [2.75, 3.05) is 7.11 Å². The summed E-state index contributed by atoms with van der Waals surface area (Å²) < 4.78 is 5.46. The predicted molar refractivity (Wildman–Crippen MR) is 124 cm³/mol. The van der Waals surface area contributed by atoms with Gasteiger partial charge in [0.05, 0.1) is 19.6 Å². The van der Waals surface area contributed by atoms with Crippen LogP contribution < -0.4 is 10.5 Å². The molecule has 0 aromatic heterocycles. The van der Waals surface area contributed by atoms with Crippen LogP contribution in [0.2, 0.25) is 0 Å². The first-order chi connectivity index (χ1) is 15.6. The van der Waals surface area contributed by atoms with Crippen LogP contribution in [0.15, 0.2) is 78.9 Å². The van der Waals surface area contributed by atoms with E-state index >= 15 is 0 Å². The Kier molecular flexibility index (Phi) is 6.66. The van der Waals surface area contributed by atoms with E-state index < -0.39 is 0 Å². The Morgan fingerprint density at radius 3 is 2.09 bits per heavy atom. The first-order valence-corrected chi connectivity index (χ1v) is 10.9. The molecule has 5 nitrogen and oxygen atoms in total. The molecule has 0 radical (unpaired) electrons. The topological polar surface area (TPSA) is 72.6 Å². The first-order valence-electron chi connectivity index (χ1n) is 10.9. The summed E-state index contributed by atoms with van der Waals surface area (Å²) in [5.74, 6) is 0.431. The number of hydrogen-bond donors (Lipinski definition) is 1. The number of fused-ring (bicyclic) bond motifs is 3. The molecule has 0 saturated carbocycles. The lowest BCUT2D eigenvalue weighted by molar-refractivity contribution is -0.153. The third-order valence-corrected chi connectivity index (χ3v) is 6.21. The zero-order chi connectivity index (χ0) is 22.5. The molecule has 1 aliphatic heterocycles. The van der Waals surface area contributed by atoms with Crippen molar-refractivity contribution in [3.05, 3.63) is 101 Å². The summed E-state index contributed by atoms with van der Waals surface area (Å²) >= 11 is 0. The molecule has 1 saturated heterocycles. The summed E-state index contributed by atoms with van der Waals surface area (Å²) in [4.78, 5) is 27.0. The molecule has 0 bridgehead atoms. The average molecular weight is 429 g/mol. The van der Waals surface area contributed by atoms with Crippen molar-refractivity contribution >= 4 is 11.8 Å². The molecule has 2 aliphatic rings. The largest absolute Gasteiger partial charge is 0.496 e. The average Bonchev–Trinajstić information content (AvgIpc) is 3.22. The molecule has 0 spiro atoms. The fourth-order valence-corrected chi connectivity index (χ4v) is 4.62. The number of ether oxygens (including phenoxy) is 1. The summed E-state index contributed by atoms with van der Waals surface area (Å²) in [6, 6.07) is 25.5. The maximum atomic E-state index is 13.0. The summed E-state index contributed by atoms with van der Waals surface area (Å²) in [5, 5.41) is 0. The lowest BCUT2D eigenvalue weighted by Gasteiger charge is -2.33. The number of rotatable bonds is 4. The van der Waals surface area contributed by atoms with Crippen molar-refractivity contribution in [2.24, 2.45) is 11.7 Å². The quantitative estimate of drug-likeness (QED) is 0.636. The van der Waals surface area contributed by atoms with Crippen LogP contribution in [0.5, 0.6) is 5.75 Å². The summed E-state index contributed by atoms with van der Waals surface area (Å²) in [6.07, 6.45) is 1.06. The minimum absolute atomic E-state index is 0.0526. The zero-order valence-corrected chi connectivity index (χ0v) is 18.2. The molecule has 3 aromatic rings. The Labute approximate surface area is 188 Å². The molecular weight excluding hydrogens is 400 g/mol. The van der Waals surface area contributed by atoms with Crippen LogP contribution >= 0.6 is 0 Å². The second kappa shape index (κ2) is 9.79. The molecule has 2 N–H and O–H groups in total.